The van der Waals surface area contributed by atoms with Crippen molar-refractivity contribution in [2.45, 2.75) is 32.0 Å². The number of imidazole rings is 1. The van der Waals surface area contributed by atoms with Crippen molar-refractivity contribution in [3.63, 3.8) is 0 Å². The number of hydrogen-bond donors (Lipinski definition) is 0. The summed E-state index contributed by atoms with van der Waals surface area (Å²) < 4.78 is 53.0. The smallest absolute Gasteiger partial charge is 0.443 e. The van der Waals surface area contributed by atoms with Gasteiger partial charge in [0.2, 0.25) is 0 Å². The van der Waals surface area contributed by atoms with E-state index in [1.54, 1.807) is 6.92 Å². The van der Waals surface area contributed by atoms with E-state index in [0.29, 0.717) is 12.1 Å². The number of nitrogens with zero attached hydrogens (tertiary/aromatic N) is 3. The van der Waals surface area contributed by atoms with Crippen LogP contribution in [0.2, 0.25) is 0 Å². The summed E-state index contributed by atoms with van der Waals surface area (Å²) in [6, 6.07) is 5.51. The minimum absolute atomic E-state index is 0.151. The van der Waals surface area contributed by atoms with Crippen LogP contribution in [0.25, 0.3) is 0 Å². The van der Waals surface area contributed by atoms with Crippen LogP contribution in [-0.4, -0.2) is 33.5 Å². The number of fused-ring (bicyclic) bond motifs is 1. The summed E-state index contributed by atoms with van der Waals surface area (Å²) in [7, 11) is 0. The van der Waals surface area contributed by atoms with E-state index in [1.165, 1.54) is 35.0 Å². The van der Waals surface area contributed by atoms with E-state index < -0.39 is 23.5 Å². The van der Waals surface area contributed by atoms with Gasteiger partial charge in [-0.3, -0.25) is 4.57 Å². The maximum absolute atomic E-state index is 12.2. The standard InChI is InChI=1S/C15H14F3N3O5/c1-9(10-2-4-11(5-3-10)26-15(16,17)18)25-12-6-20-7-13(21(22)23)19-14(20)24-8-12/h2-5,7,9,12H,6,8H2,1H3/t9-,12-/m0/s1. The molecule has 1 aromatic carbocycles. The fourth-order valence-corrected chi connectivity index (χ4v) is 2.55. The third-order valence-electron chi connectivity index (χ3n) is 3.69. The van der Waals surface area contributed by atoms with E-state index in [2.05, 4.69) is 9.72 Å². The van der Waals surface area contributed by atoms with E-state index in [1.807, 2.05) is 0 Å². The molecule has 3 rings (SSSR count). The van der Waals surface area contributed by atoms with E-state index in [4.69, 9.17) is 9.47 Å². The molecule has 0 amide bonds. The van der Waals surface area contributed by atoms with Crippen LogP contribution in [0.5, 0.6) is 11.8 Å². The van der Waals surface area contributed by atoms with Crippen LogP contribution in [0, 0.1) is 10.1 Å². The second-order valence-corrected chi connectivity index (χ2v) is 5.62. The molecule has 1 aromatic heterocycles. The number of hydrogen-bond acceptors (Lipinski definition) is 6. The lowest BCUT2D eigenvalue weighted by Gasteiger charge is -2.25. The average Bonchev–Trinajstić information content (AvgIpc) is 2.97. The van der Waals surface area contributed by atoms with Crippen LogP contribution in [0.15, 0.2) is 30.5 Å². The Morgan fingerprint density at radius 2 is 2.08 bits per heavy atom. The first-order valence-corrected chi connectivity index (χ1v) is 7.57. The summed E-state index contributed by atoms with van der Waals surface area (Å²) in [5.74, 6) is -0.626. The second-order valence-electron chi connectivity index (χ2n) is 5.62. The SMILES string of the molecule is C[C@H](O[C@@H]1COc2nc([N+](=O)[O-])cn2C1)c1ccc(OC(F)(F)F)cc1. The van der Waals surface area contributed by atoms with Crippen molar-refractivity contribution in [2.75, 3.05) is 6.61 Å². The molecule has 1 aliphatic rings. The van der Waals surface area contributed by atoms with E-state index in [9.17, 15) is 23.3 Å². The van der Waals surface area contributed by atoms with Gasteiger partial charge in [0.15, 0.2) is 0 Å². The molecule has 0 saturated carbocycles. The molecule has 140 valence electrons. The number of aromatic nitrogens is 2. The average molecular weight is 373 g/mol. The van der Waals surface area contributed by atoms with Crippen molar-refractivity contribution in [1.29, 1.82) is 0 Å². The minimum atomic E-state index is -4.74. The Morgan fingerprint density at radius 3 is 2.69 bits per heavy atom. The molecular formula is C15H14F3N3O5. The molecule has 0 saturated heterocycles. The zero-order valence-electron chi connectivity index (χ0n) is 13.5. The maximum atomic E-state index is 12.2. The predicted octanol–water partition coefficient (Wildman–Crippen LogP) is 3.23. The summed E-state index contributed by atoms with van der Waals surface area (Å²) in [6.07, 6.45) is -4.30. The highest BCUT2D eigenvalue weighted by Gasteiger charge is 2.31. The van der Waals surface area contributed by atoms with Gasteiger partial charge in [0.05, 0.1) is 12.6 Å². The molecular weight excluding hydrogens is 359 g/mol. The Bertz CT molecular complexity index is 791. The Balaban J connectivity index is 1.61. The number of benzene rings is 1. The molecule has 0 aliphatic carbocycles. The molecule has 0 radical (unpaired) electrons. The molecule has 2 heterocycles. The molecule has 0 unspecified atom stereocenters. The Kier molecular flexibility index (Phi) is 4.72. The highest BCUT2D eigenvalue weighted by Crippen LogP contribution is 2.28. The van der Waals surface area contributed by atoms with Crippen molar-refractivity contribution in [3.05, 3.63) is 46.1 Å². The normalized spacial score (nSPS) is 17.9. The monoisotopic (exact) mass is 373 g/mol. The van der Waals surface area contributed by atoms with Gasteiger partial charge in [-0.2, -0.15) is 0 Å². The zero-order chi connectivity index (χ0) is 18.9. The lowest BCUT2D eigenvalue weighted by Crippen LogP contribution is -2.32. The first kappa shape index (κ1) is 18.0. The van der Waals surface area contributed by atoms with E-state index in [0.717, 1.165) is 0 Å². The fourth-order valence-electron chi connectivity index (χ4n) is 2.55. The van der Waals surface area contributed by atoms with Crippen molar-refractivity contribution < 1.29 is 32.3 Å². The van der Waals surface area contributed by atoms with Crippen LogP contribution < -0.4 is 9.47 Å². The van der Waals surface area contributed by atoms with E-state index >= 15 is 0 Å². The molecule has 11 heteroatoms. The molecule has 0 spiro atoms. The first-order valence-electron chi connectivity index (χ1n) is 7.57. The van der Waals surface area contributed by atoms with Gasteiger partial charge in [-0.25, -0.2) is 0 Å². The number of ether oxygens (including phenoxy) is 3. The Hall–Kier alpha value is -2.82. The summed E-state index contributed by atoms with van der Waals surface area (Å²) in [5.41, 5.74) is 0.655. The van der Waals surface area contributed by atoms with E-state index in [-0.39, 0.29) is 24.2 Å². The molecule has 0 N–H and O–H groups in total. The highest BCUT2D eigenvalue weighted by molar-refractivity contribution is 5.28. The molecule has 2 atom stereocenters. The molecule has 26 heavy (non-hydrogen) atoms. The maximum Gasteiger partial charge on any atom is 0.573 e. The molecule has 8 nitrogen and oxygen atoms in total. The van der Waals surface area contributed by atoms with Crippen LogP contribution >= 0.6 is 0 Å². The van der Waals surface area contributed by atoms with Crippen molar-refractivity contribution in [2.24, 2.45) is 0 Å². The minimum Gasteiger partial charge on any atom is -0.443 e. The number of halogens is 3. The topological polar surface area (TPSA) is 88.6 Å². The summed E-state index contributed by atoms with van der Waals surface area (Å²) in [6.45, 7) is 2.22. The Labute approximate surface area is 145 Å². The van der Waals surface area contributed by atoms with Crippen LogP contribution in [0.3, 0.4) is 0 Å². The summed E-state index contributed by atoms with van der Waals surface area (Å²) in [5, 5.41) is 10.7. The zero-order valence-corrected chi connectivity index (χ0v) is 13.5. The van der Waals surface area contributed by atoms with Crippen molar-refractivity contribution in [1.82, 2.24) is 9.55 Å². The highest BCUT2D eigenvalue weighted by atomic mass is 19.4. The molecule has 0 fully saturated rings. The number of nitro groups is 1. The van der Waals surface area contributed by atoms with Gasteiger partial charge in [-0.15, -0.1) is 13.2 Å². The quantitative estimate of drug-likeness (QED) is 0.591. The number of rotatable bonds is 5. The van der Waals surface area contributed by atoms with Gasteiger partial charge in [0, 0.05) is 4.98 Å². The molecule has 1 aliphatic heterocycles. The second kappa shape index (κ2) is 6.83. The van der Waals surface area contributed by atoms with Gasteiger partial charge in [0.25, 0.3) is 0 Å². The number of alkyl halides is 3. The van der Waals surface area contributed by atoms with Gasteiger partial charge in [-0.05, 0) is 29.5 Å². The van der Waals surface area contributed by atoms with Gasteiger partial charge >= 0.3 is 18.2 Å². The third-order valence-corrected chi connectivity index (χ3v) is 3.69. The summed E-state index contributed by atoms with van der Waals surface area (Å²) >= 11 is 0. The lowest BCUT2D eigenvalue weighted by molar-refractivity contribution is -0.389. The van der Waals surface area contributed by atoms with Crippen LogP contribution in [0.4, 0.5) is 19.0 Å². The van der Waals surface area contributed by atoms with Gasteiger partial charge in [0.1, 0.15) is 24.7 Å². The van der Waals surface area contributed by atoms with Crippen molar-refractivity contribution >= 4 is 5.82 Å². The molecule has 2 aromatic rings. The van der Waals surface area contributed by atoms with Gasteiger partial charge < -0.3 is 24.3 Å². The van der Waals surface area contributed by atoms with Crippen LogP contribution in [-0.2, 0) is 11.3 Å². The fraction of sp³-hybridized carbons (Fsp3) is 0.400. The lowest BCUT2D eigenvalue weighted by atomic mass is 10.1. The first-order chi connectivity index (χ1) is 12.2. The van der Waals surface area contributed by atoms with Gasteiger partial charge in [-0.1, -0.05) is 12.1 Å². The predicted molar refractivity (Wildman–Crippen MR) is 80.8 cm³/mol. The largest absolute Gasteiger partial charge is 0.573 e. The third kappa shape index (κ3) is 4.23. The van der Waals surface area contributed by atoms with Crippen LogP contribution in [0.1, 0.15) is 18.6 Å². The summed E-state index contributed by atoms with van der Waals surface area (Å²) in [4.78, 5) is 13.9. The molecule has 0 bridgehead atoms. The van der Waals surface area contributed by atoms with Crippen molar-refractivity contribution in [3.8, 4) is 11.8 Å². The Morgan fingerprint density at radius 1 is 1.38 bits per heavy atom.